The molecule has 0 aromatic carbocycles. The Bertz CT molecular complexity index is 503. The average Bonchev–Trinajstić information content (AvgIpc) is 3.01. The number of carbonyl (C=O) groups is 1. The van der Waals surface area contributed by atoms with Crippen LogP contribution >= 0.6 is 11.6 Å². The zero-order chi connectivity index (χ0) is 14.3. The van der Waals surface area contributed by atoms with Gasteiger partial charge in [-0.15, -0.1) is 0 Å². The van der Waals surface area contributed by atoms with Crippen LogP contribution in [0.15, 0.2) is 6.20 Å². The van der Waals surface area contributed by atoms with Crippen LogP contribution in [0.4, 0.5) is 0 Å². The number of amides is 1. The van der Waals surface area contributed by atoms with Crippen LogP contribution < -0.4 is 0 Å². The van der Waals surface area contributed by atoms with E-state index < -0.39 is 0 Å². The molecule has 0 radical (unpaired) electrons. The van der Waals surface area contributed by atoms with Crippen LogP contribution in [0, 0.1) is 11.8 Å². The average molecular weight is 298 g/mol. The lowest BCUT2D eigenvalue weighted by Gasteiger charge is -2.17. The fraction of sp³-hybridized carbons (Fsp3) is 0.714. The summed E-state index contributed by atoms with van der Waals surface area (Å²) in [7, 11) is 0. The highest BCUT2D eigenvalue weighted by Gasteiger charge is 2.42. The molecule has 110 valence electrons. The van der Waals surface area contributed by atoms with Gasteiger partial charge in [-0.1, -0.05) is 18.5 Å². The normalized spacial score (nSPS) is 28.9. The molecule has 5 nitrogen and oxygen atoms in total. The number of aryl methyl sites for hydroxylation is 1. The molecule has 3 atom stereocenters. The van der Waals surface area contributed by atoms with Gasteiger partial charge in [0.25, 0.3) is 5.91 Å². The summed E-state index contributed by atoms with van der Waals surface area (Å²) in [6.45, 7) is 4.27. The van der Waals surface area contributed by atoms with Crippen LogP contribution in [-0.2, 0) is 6.54 Å². The van der Waals surface area contributed by atoms with Gasteiger partial charge in [-0.2, -0.15) is 5.10 Å². The highest BCUT2D eigenvalue weighted by molar-refractivity contribution is 6.33. The van der Waals surface area contributed by atoms with Gasteiger partial charge in [0.2, 0.25) is 0 Å². The number of hydrogen-bond donors (Lipinski definition) is 1. The van der Waals surface area contributed by atoms with Crippen molar-refractivity contribution in [3.63, 3.8) is 0 Å². The molecule has 6 heteroatoms. The number of aliphatic hydroxyl groups excluding tert-OH is 1. The summed E-state index contributed by atoms with van der Waals surface area (Å²) in [6, 6.07) is 0. The molecule has 20 heavy (non-hydrogen) atoms. The summed E-state index contributed by atoms with van der Waals surface area (Å²) in [5.41, 5.74) is 0.362. The van der Waals surface area contributed by atoms with Gasteiger partial charge in [0.05, 0.1) is 11.1 Å². The smallest absolute Gasteiger partial charge is 0.275 e. The number of rotatable bonds is 3. The van der Waals surface area contributed by atoms with E-state index in [-0.39, 0.29) is 12.0 Å². The largest absolute Gasteiger partial charge is 0.393 e. The standard InChI is InChI=1S/C14H20ClN3O2/c1-2-3-18-8-12(15)13(16-18)14(20)17-6-9-4-11(19)5-10(9)7-17/h8-11,19H,2-7H2,1H3/t9-,10+,11?. The first-order valence-corrected chi connectivity index (χ1v) is 7.66. The van der Waals surface area contributed by atoms with Crippen molar-refractivity contribution >= 4 is 17.5 Å². The Kier molecular flexibility index (Phi) is 3.73. The lowest BCUT2D eigenvalue weighted by molar-refractivity contribution is 0.0758. The monoisotopic (exact) mass is 297 g/mol. The highest BCUT2D eigenvalue weighted by Crippen LogP contribution is 2.38. The molecule has 1 saturated carbocycles. The molecule has 1 saturated heterocycles. The van der Waals surface area contributed by atoms with Crippen LogP contribution in [0.5, 0.6) is 0 Å². The van der Waals surface area contributed by atoms with Crippen LogP contribution in [-0.4, -0.2) is 44.9 Å². The van der Waals surface area contributed by atoms with Gasteiger partial charge in [0, 0.05) is 25.8 Å². The number of fused-ring (bicyclic) bond motifs is 1. The Morgan fingerprint density at radius 2 is 2.10 bits per heavy atom. The molecular formula is C14H20ClN3O2. The molecule has 1 aliphatic heterocycles. The molecule has 2 fully saturated rings. The van der Waals surface area contributed by atoms with Crippen LogP contribution in [0.2, 0.25) is 5.02 Å². The third kappa shape index (κ3) is 2.44. The Hall–Kier alpha value is -1.07. The fourth-order valence-corrected chi connectivity index (χ4v) is 3.70. The molecular weight excluding hydrogens is 278 g/mol. The maximum absolute atomic E-state index is 12.5. The molecule has 2 heterocycles. The van der Waals surface area contributed by atoms with Gasteiger partial charge in [0.15, 0.2) is 5.69 Å². The van der Waals surface area contributed by atoms with Crippen molar-refractivity contribution in [1.82, 2.24) is 14.7 Å². The minimum absolute atomic E-state index is 0.0752. The minimum atomic E-state index is -0.186. The molecule has 1 aromatic heterocycles. The summed E-state index contributed by atoms with van der Waals surface area (Å²) >= 11 is 6.13. The summed E-state index contributed by atoms with van der Waals surface area (Å²) in [4.78, 5) is 14.3. The minimum Gasteiger partial charge on any atom is -0.393 e. The first kappa shape index (κ1) is 13.9. The second kappa shape index (κ2) is 5.37. The van der Waals surface area contributed by atoms with E-state index in [0.29, 0.717) is 22.6 Å². The van der Waals surface area contributed by atoms with Crippen molar-refractivity contribution < 1.29 is 9.90 Å². The van der Waals surface area contributed by atoms with E-state index in [0.717, 1.165) is 38.9 Å². The Morgan fingerprint density at radius 1 is 1.45 bits per heavy atom. The van der Waals surface area contributed by atoms with E-state index in [1.54, 1.807) is 10.9 Å². The molecule has 1 amide bonds. The zero-order valence-electron chi connectivity index (χ0n) is 11.6. The molecule has 0 spiro atoms. The zero-order valence-corrected chi connectivity index (χ0v) is 12.4. The summed E-state index contributed by atoms with van der Waals surface area (Å²) in [5.74, 6) is 0.796. The lowest BCUT2D eigenvalue weighted by Crippen LogP contribution is -2.31. The molecule has 1 unspecified atom stereocenters. The second-order valence-corrected chi connectivity index (χ2v) is 6.35. The van der Waals surface area contributed by atoms with Gasteiger partial charge in [-0.25, -0.2) is 0 Å². The molecule has 3 rings (SSSR count). The Labute approximate surface area is 123 Å². The van der Waals surface area contributed by atoms with Crippen molar-refractivity contribution in [3.8, 4) is 0 Å². The number of halogens is 1. The predicted octanol–water partition coefficient (Wildman–Crippen LogP) is 1.79. The van der Waals surface area contributed by atoms with Crippen molar-refractivity contribution in [3.05, 3.63) is 16.9 Å². The summed E-state index contributed by atoms with van der Waals surface area (Å²) < 4.78 is 1.73. The highest BCUT2D eigenvalue weighted by atomic mass is 35.5. The van der Waals surface area contributed by atoms with E-state index in [1.807, 2.05) is 4.90 Å². The third-order valence-electron chi connectivity index (χ3n) is 4.39. The molecule has 0 bridgehead atoms. The van der Waals surface area contributed by atoms with Crippen molar-refractivity contribution in [2.45, 2.75) is 38.8 Å². The second-order valence-electron chi connectivity index (χ2n) is 5.94. The van der Waals surface area contributed by atoms with Crippen LogP contribution in [0.1, 0.15) is 36.7 Å². The van der Waals surface area contributed by atoms with Crippen molar-refractivity contribution in [2.24, 2.45) is 11.8 Å². The Morgan fingerprint density at radius 3 is 2.70 bits per heavy atom. The van der Waals surface area contributed by atoms with E-state index in [1.165, 1.54) is 0 Å². The van der Waals surface area contributed by atoms with Gasteiger partial charge < -0.3 is 10.0 Å². The van der Waals surface area contributed by atoms with Crippen molar-refractivity contribution in [2.75, 3.05) is 13.1 Å². The fourth-order valence-electron chi connectivity index (χ4n) is 3.47. The number of aliphatic hydroxyl groups is 1. The molecule has 2 aliphatic rings. The SMILES string of the molecule is CCCn1cc(Cl)c(C(=O)N2C[C@H]3CC(O)C[C@H]3C2)n1. The van der Waals surface area contributed by atoms with Crippen LogP contribution in [0.25, 0.3) is 0 Å². The van der Waals surface area contributed by atoms with E-state index in [9.17, 15) is 9.90 Å². The van der Waals surface area contributed by atoms with E-state index in [4.69, 9.17) is 11.6 Å². The first-order chi connectivity index (χ1) is 9.58. The Balaban J connectivity index is 1.71. The summed E-state index contributed by atoms with van der Waals surface area (Å²) in [5, 5.41) is 14.4. The maximum Gasteiger partial charge on any atom is 0.275 e. The van der Waals surface area contributed by atoms with Gasteiger partial charge in [-0.3, -0.25) is 9.48 Å². The van der Waals surface area contributed by atoms with Gasteiger partial charge in [0.1, 0.15) is 0 Å². The number of nitrogens with zero attached hydrogens (tertiary/aromatic N) is 3. The maximum atomic E-state index is 12.5. The van der Waals surface area contributed by atoms with E-state index in [2.05, 4.69) is 12.0 Å². The predicted molar refractivity (Wildman–Crippen MR) is 75.7 cm³/mol. The molecule has 1 aliphatic carbocycles. The lowest BCUT2D eigenvalue weighted by atomic mass is 10.0. The third-order valence-corrected chi connectivity index (χ3v) is 4.66. The first-order valence-electron chi connectivity index (χ1n) is 7.28. The summed E-state index contributed by atoms with van der Waals surface area (Å²) in [6.07, 6.45) is 4.12. The molecule has 1 aromatic rings. The number of likely N-dealkylation sites (tertiary alicyclic amines) is 1. The van der Waals surface area contributed by atoms with Crippen LogP contribution in [0.3, 0.4) is 0 Å². The van der Waals surface area contributed by atoms with Crippen molar-refractivity contribution in [1.29, 1.82) is 0 Å². The number of hydrogen-bond acceptors (Lipinski definition) is 3. The van der Waals surface area contributed by atoms with Gasteiger partial charge >= 0.3 is 0 Å². The number of carbonyl (C=O) groups excluding carboxylic acids is 1. The topological polar surface area (TPSA) is 58.4 Å². The van der Waals surface area contributed by atoms with E-state index >= 15 is 0 Å². The quantitative estimate of drug-likeness (QED) is 0.925. The number of aromatic nitrogens is 2. The van der Waals surface area contributed by atoms with Gasteiger partial charge in [-0.05, 0) is 31.1 Å². The molecule has 1 N–H and O–H groups in total.